The Bertz CT molecular complexity index is 1240. The average Bonchev–Trinajstić information content (AvgIpc) is 3.21. The molecule has 1 atom stereocenters. The number of hydrogen-bond donors (Lipinski definition) is 2. The number of carboxylic acids is 1. The maximum atomic E-state index is 11.6. The summed E-state index contributed by atoms with van der Waals surface area (Å²) in [5.41, 5.74) is 4.76. The van der Waals surface area contributed by atoms with E-state index in [1.54, 1.807) is 11.3 Å². The molecule has 0 radical (unpaired) electrons. The Morgan fingerprint density at radius 1 is 1.23 bits per heavy atom. The molecule has 0 aliphatic carbocycles. The third-order valence-electron chi connectivity index (χ3n) is 5.26. The second-order valence-corrected chi connectivity index (χ2v) is 8.61. The van der Waals surface area contributed by atoms with Crippen LogP contribution in [-0.4, -0.2) is 45.1 Å². The van der Waals surface area contributed by atoms with Gasteiger partial charge in [0, 0.05) is 21.6 Å². The summed E-state index contributed by atoms with van der Waals surface area (Å²) >= 11 is 1.65. The molecular formula is C23H23N5O2S. The summed E-state index contributed by atoms with van der Waals surface area (Å²) in [6.07, 6.45) is -0.151. The van der Waals surface area contributed by atoms with E-state index in [1.165, 1.54) is 4.88 Å². The third kappa shape index (κ3) is 3.90. The van der Waals surface area contributed by atoms with Crippen LogP contribution in [0.2, 0.25) is 0 Å². The molecule has 1 aromatic carbocycles. The molecule has 0 unspecified atom stereocenters. The lowest BCUT2D eigenvalue weighted by Crippen LogP contribution is -2.10. The highest BCUT2D eigenvalue weighted by atomic mass is 32.1. The molecule has 1 aliphatic heterocycles. The van der Waals surface area contributed by atoms with Crippen LogP contribution in [0.5, 0.6) is 0 Å². The van der Waals surface area contributed by atoms with E-state index in [9.17, 15) is 9.90 Å². The van der Waals surface area contributed by atoms with Gasteiger partial charge in [0.25, 0.3) is 0 Å². The number of nitrogens with one attached hydrogen (secondary N) is 1. The summed E-state index contributed by atoms with van der Waals surface area (Å²) in [6.45, 7) is 6.67. The molecule has 8 heteroatoms. The largest absolute Gasteiger partial charge is 0.481 e. The van der Waals surface area contributed by atoms with E-state index >= 15 is 0 Å². The summed E-state index contributed by atoms with van der Waals surface area (Å²) in [5.74, 6) is 6.54. The Morgan fingerprint density at radius 2 is 1.97 bits per heavy atom. The number of hydrogen-bond acceptors (Lipinski definition) is 6. The smallest absolute Gasteiger partial charge is 0.306 e. The van der Waals surface area contributed by atoms with Gasteiger partial charge >= 0.3 is 5.97 Å². The van der Waals surface area contributed by atoms with Gasteiger partial charge in [-0.1, -0.05) is 24.0 Å². The summed E-state index contributed by atoms with van der Waals surface area (Å²) in [6, 6.07) is 7.31. The van der Waals surface area contributed by atoms with Crippen LogP contribution in [0.3, 0.4) is 0 Å². The van der Waals surface area contributed by atoms with Crippen molar-refractivity contribution >= 4 is 23.0 Å². The zero-order valence-electron chi connectivity index (χ0n) is 17.9. The average molecular weight is 434 g/mol. The number of fused-ring (bicyclic) bond motifs is 3. The van der Waals surface area contributed by atoms with Gasteiger partial charge in [-0.2, -0.15) is 0 Å². The molecule has 1 aliphatic rings. The molecule has 3 aromatic rings. The van der Waals surface area contributed by atoms with Crippen LogP contribution in [-0.2, 0) is 4.79 Å². The number of carbonyl (C=O) groups is 1. The number of thiophene rings is 1. The number of aromatic nitrogens is 3. The van der Waals surface area contributed by atoms with Crippen LogP contribution in [0.15, 0.2) is 29.3 Å². The Labute approximate surface area is 184 Å². The molecule has 3 heterocycles. The SMILES string of the molecule is CNCC#Cc1ccc(C2=N[C@H](CC(=O)O)c3nnc(C)n3-c3sc(C)c(C)c32)cc1. The van der Waals surface area contributed by atoms with Gasteiger partial charge in [-0.25, -0.2) is 0 Å². The number of aliphatic imine (C=N–C) groups is 1. The van der Waals surface area contributed by atoms with Crippen LogP contribution in [0.4, 0.5) is 0 Å². The fourth-order valence-corrected chi connectivity index (χ4v) is 4.85. The second kappa shape index (κ2) is 8.46. The van der Waals surface area contributed by atoms with Gasteiger partial charge in [0.1, 0.15) is 16.9 Å². The van der Waals surface area contributed by atoms with E-state index in [4.69, 9.17) is 4.99 Å². The fraction of sp³-hybridized carbons (Fsp3) is 0.304. The standard InChI is InChI=1S/C23H23N5O2S/c1-13-14(2)31-23-20(13)21(17-9-7-16(8-10-17)6-5-11-24-4)25-18(12-19(29)30)22-27-26-15(3)28(22)23/h7-10,18,24H,11-12H2,1-4H3,(H,29,30)/t18-/m1/s1. The van der Waals surface area contributed by atoms with E-state index < -0.39 is 12.0 Å². The molecule has 0 fully saturated rings. The van der Waals surface area contributed by atoms with E-state index in [-0.39, 0.29) is 6.42 Å². The van der Waals surface area contributed by atoms with Gasteiger partial charge in [0.15, 0.2) is 5.82 Å². The monoisotopic (exact) mass is 433 g/mol. The Kier molecular flexibility index (Phi) is 5.72. The van der Waals surface area contributed by atoms with Crippen LogP contribution in [0.1, 0.15) is 51.2 Å². The minimum absolute atomic E-state index is 0.151. The molecular weight excluding hydrogens is 410 g/mol. The highest BCUT2D eigenvalue weighted by Crippen LogP contribution is 2.39. The maximum Gasteiger partial charge on any atom is 0.306 e. The van der Waals surface area contributed by atoms with Crippen LogP contribution < -0.4 is 5.32 Å². The van der Waals surface area contributed by atoms with Gasteiger partial charge < -0.3 is 10.4 Å². The molecule has 2 aromatic heterocycles. The quantitative estimate of drug-likeness (QED) is 0.617. The molecule has 2 N–H and O–H groups in total. The normalized spacial score (nSPS) is 14.7. The predicted octanol–water partition coefficient (Wildman–Crippen LogP) is 3.19. The molecule has 31 heavy (non-hydrogen) atoms. The number of aliphatic carboxylic acids is 1. The summed E-state index contributed by atoms with van der Waals surface area (Å²) < 4.78 is 1.96. The van der Waals surface area contributed by atoms with Crippen LogP contribution in [0.25, 0.3) is 5.00 Å². The van der Waals surface area contributed by atoms with Crippen molar-refractivity contribution in [3.63, 3.8) is 0 Å². The van der Waals surface area contributed by atoms with Crippen molar-refractivity contribution in [1.29, 1.82) is 0 Å². The summed E-state index contributed by atoms with van der Waals surface area (Å²) in [7, 11) is 1.86. The second-order valence-electron chi connectivity index (χ2n) is 7.41. The number of aryl methyl sites for hydroxylation is 2. The predicted molar refractivity (Wildman–Crippen MR) is 121 cm³/mol. The van der Waals surface area contributed by atoms with Gasteiger partial charge in [0.05, 0.1) is 18.7 Å². The topological polar surface area (TPSA) is 92.4 Å². The molecule has 0 spiro atoms. The molecule has 0 saturated heterocycles. The molecule has 0 amide bonds. The van der Waals surface area contributed by atoms with E-state index in [0.29, 0.717) is 12.4 Å². The van der Waals surface area contributed by atoms with Crippen molar-refractivity contribution in [2.24, 2.45) is 4.99 Å². The first-order valence-corrected chi connectivity index (χ1v) is 10.8. The van der Waals surface area contributed by atoms with Crippen molar-refractivity contribution < 1.29 is 9.90 Å². The number of benzene rings is 1. The first kappa shape index (κ1) is 21.0. The zero-order chi connectivity index (χ0) is 22.1. The highest BCUT2D eigenvalue weighted by molar-refractivity contribution is 7.15. The first-order valence-electron chi connectivity index (χ1n) is 9.96. The fourth-order valence-electron chi connectivity index (χ4n) is 3.64. The molecule has 4 rings (SSSR count). The molecule has 0 saturated carbocycles. The molecule has 0 bridgehead atoms. The number of rotatable bonds is 4. The van der Waals surface area contributed by atoms with E-state index in [1.807, 2.05) is 42.8 Å². The molecule has 7 nitrogen and oxygen atoms in total. The van der Waals surface area contributed by atoms with E-state index in [0.717, 1.165) is 38.8 Å². The minimum atomic E-state index is -0.923. The lowest BCUT2D eigenvalue weighted by Gasteiger charge is -2.10. The van der Waals surface area contributed by atoms with Crippen molar-refractivity contribution in [2.45, 2.75) is 33.2 Å². The zero-order valence-corrected chi connectivity index (χ0v) is 18.7. The van der Waals surface area contributed by atoms with Crippen LogP contribution in [0, 0.1) is 32.6 Å². The summed E-state index contributed by atoms with van der Waals surface area (Å²) in [5, 5.41) is 22.0. The van der Waals surface area contributed by atoms with Crippen LogP contribution >= 0.6 is 11.3 Å². The van der Waals surface area contributed by atoms with Crippen molar-refractivity contribution in [2.75, 3.05) is 13.6 Å². The first-order chi connectivity index (χ1) is 14.9. The third-order valence-corrected chi connectivity index (χ3v) is 6.46. The summed E-state index contributed by atoms with van der Waals surface area (Å²) in [4.78, 5) is 17.7. The minimum Gasteiger partial charge on any atom is -0.481 e. The van der Waals surface area contributed by atoms with E-state index in [2.05, 4.69) is 41.2 Å². The van der Waals surface area contributed by atoms with Crippen molar-refractivity contribution in [3.8, 4) is 16.8 Å². The maximum absolute atomic E-state index is 11.6. The Morgan fingerprint density at radius 3 is 2.65 bits per heavy atom. The lowest BCUT2D eigenvalue weighted by molar-refractivity contribution is -0.137. The Hall–Kier alpha value is -3.28. The highest BCUT2D eigenvalue weighted by Gasteiger charge is 2.32. The number of carboxylic acid groups (broad SMARTS) is 1. The van der Waals surface area contributed by atoms with Gasteiger partial charge in [-0.15, -0.1) is 21.5 Å². The van der Waals surface area contributed by atoms with Crippen molar-refractivity contribution in [1.82, 2.24) is 20.1 Å². The Balaban J connectivity index is 1.89. The lowest BCUT2D eigenvalue weighted by atomic mass is 9.98. The molecule has 158 valence electrons. The number of nitrogens with zero attached hydrogens (tertiary/aromatic N) is 4. The van der Waals surface area contributed by atoms with Crippen molar-refractivity contribution in [3.05, 3.63) is 63.0 Å². The van der Waals surface area contributed by atoms with Gasteiger partial charge in [-0.05, 0) is 45.5 Å². The van der Waals surface area contributed by atoms with Gasteiger partial charge in [-0.3, -0.25) is 14.4 Å². The van der Waals surface area contributed by atoms with Gasteiger partial charge in [0.2, 0.25) is 0 Å².